The summed E-state index contributed by atoms with van der Waals surface area (Å²) in [5, 5.41) is 23.2. The van der Waals surface area contributed by atoms with E-state index in [1.807, 2.05) is 6.08 Å². The van der Waals surface area contributed by atoms with E-state index in [-0.39, 0.29) is 18.5 Å². The molecule has 6 heteroatoms. The molecule has 0 aromatic rings. The number of hydrogen-bond donors (Lipinski definition) is 3. The van der Waals surface area contributed by atoms with Gasteiger partial charge in [0.1, 0.15) is 0 Å². The Kier molecular flexibility index (Phi) is 69.4. The summed E-state index contributed by atoms with van der Waals surface area (Å²) in [4.78, 5) is 24.6. The van der Waals surface area contributed by atoms with Gasteiger partial charge in [-0.3, -0.25) is 9.59 Å². The molecular weight excluding hydrogens is 1010 g/mol. The van der Waals surface area contributed by atoms with Crippen LogP contribution in [0.5, 0.6) is 0 Å². The van der Waals surface area contributed by atoms with Crippen molar-refractivity contribution in [3.8, 4) is 0 Å². The van der Waals surface area contributed by atoms with E-state index in [2.05, 4.69) is 55.6 Å². The highest BCUT2D eigenvalue weighted by atomic mass is 16.5. The molecule has 0 aromatic carbocycles. The second-order valence-electron chi connectivity index (χ2n) is 25.3. The van der Waals surface area contributed by atoms with Crippen molar-refractivity contribution < 1.29 is 24.5 Å². The van der Waals surface area contributed by atoms with E-state index in [9.17, 15) is 19.8 Å². The van der Waals surface area contributed by atoms with Crippen LogP contribution in [0.15, 0.2) is 48.6 Å². The molecule has 0 bridgehead atoms. The van der Waals surface area contributed by atoms with Crippen molar-refractivity contribution in [1.82, 2.24) is 5.32 Å². The van der Waals surface area contributed by atoms with E-state index in [4.69, 9.17) is 4.74 Å². The highest BCUT2D eigenvalue weighted by Crippen LogP contribution is 2.18. The van der Waals surface area contributed by atoms with Crippen LogP contribution in [0.25, 0.3) is 0 Å². The number of hydrogen-bond acceptors (Lipinski definition) is 5. The Balaban J connectivity index is 3.35. The molecule has 0 saturated carbocycles. The van der Waals surface area contributed by atoms with Crippen LogP contribution in [0.2, 0.25) is 0 Å². The molecule has 0 aliphatic carbocycles. The maximum atomic E-state index is 12.5. The van der Waals surface area contributed by atoms with Crippen LogP contribution in [0, 0.1) is 0 Å². The number of aliphatic hydroxyl groups excluding tert-OH is 2. The minimum Gasteiger partial charge on any atom is -0.466 e. The lowest BCUT2D eigenvalue weighted by Gasteiger charge is -2.20. The third-order valence-corrected chi connectivity index (χ3v) is 17.1. The summed E-state index contributed by atoms with van der Waals surface area (Å²) in [6.07, 6.45) is 93.6. The van der Waals surface area contributed by atoms with Gasteiger partial charge in [-0.25, -0.2) is 0 Å². The number of nitrogens with one attached hydrogen (secondary N) is 1. The first-order chi connectivity index (χ1) is 40.5. The molecule has 0 heterocycles. The van der Waals surface area contributed by atoms with E-state index < -0.39 is 12.1 Å². The highest BCUT2D eigenvalue weighted by Gasteiger charge is 2.18. The van der Waals surface area contributed by atoms with Gasteiger partial charge in [-0.1, -0.05) is 345 Å². The van der Waals surface area contributed by atoms with Crippen LogP contribution in [0.3, 0.4) is 0 Å². The molecule has 482 valence electrons. The molecule has 2 unspecified atom stereocenters. The molecule has 0 spiro atoms. The number of allylic oxidation sites excluding steroid dienone is 7. The van der Waals surface area contributed by atoms with Crippen LogP contribution < -0.4 is 5.32 Å². The smallest absolute Gasteiger partial charge is 0.305 e. The third kappa shape index (κ3) is 67.0. The van der Waals surface area contributed by atoms with Crippen molar-refractivity contribution in [2.24, 2.45) is 0 Å². The summed E-state index contributed by atoms with van der Waals surface area (Å²) in [5.74, 6) is -0.0563. The zero-order valence-electron chi connectivity index (χ0n) is 55.2. The van der Waals surface area contributed by atoms with Crippen molar-refractivity contribution in [2.75, 3.05) is 13.2 Å². The standard InChI is InChI=1S/C76H143NO5/c1-3-5-7-9-11-13-15-17-40-44-48-52-56-60-64-68-74(79)73(72-78)77-75(80)69-65-61-57-53-49-45-42-38-36-34-32-30-28-26-24-22-20-19-21-23-25-27-29-31-33-35-37-39-43-47-51-55-59-63-67-71-82-76(81)70-66-62-58-54-50-46-41-18-16-14-12-10-8-6-4-2/h12,14,18,21,23,41,64,68,73-74,78-79H,3-11,13,15-17,19-20,22,24-40,42-63,65-67,69-72H2,1-2H3,(H,77,80)/b14-12-,23-21-,41-18-,68-64+. The van der Waals surface area contributed by atoms with Gasteiger partial charge in [-0.05, 0) is 89.9 Å². The first-order valence-electron chi connectivity index (χ1n) is 36.9. The highest BCUT2D eigenvalue weighted by molar-refractivity contribution is 5.76. The summed E-state index contributed by atoms with van der Waals surface area (Å²) in [7, 11) is 0. The topological polar surface area (TPSA) is 95.9 Å². The van der Waals surface area contributed by atoms with Gasteiger partial charge in [0.05, 0.1) is 25.4 Å². The molecule has 2 atom stereocenters. The predicted octanol–water partition coefficient (Wildman–Crippen LogP) is 24.0. The van der Waals surface area contributed by atoms with Gasteiger partial charge in [0.15, 0.2) is 0 Å². The average Bonchev–Trinajstić information content (AvgIpc) is 3.48. The van der Waals surface area contributed by atoms with Gasteiger partial charge < -0.3 is 20.3 Å². The predicted molar refractivity (Wildman–Crippen MR) is 361 cm³/mol. The zero-order chi connectivity index (χ0) is 59.2. The fourth-order valence-electron chi connectivity index (χ4n) is 11.4. The maximum Gasteiger partial charge on any atom is 0.305 e. The number of unbranched alkanes of at least 4 members (excludes halogenated alkanes) is 52. The van der Waals surface area contributed by atoms with Gasteiger partial charge in [-0.2, -0.15) is 0 Å². The number of carbonyl (C=O) groups is 2. The van der Waals surface area contributed by atoms with Gasteiger partial charge >= 0.3 is 5.97 Å². The number of aliphatic hydroxyl groups is 2. The second kappa shape index (κ2) is 71.3. The van der Waals surface area contributed by atoms with Gasteiger partial charge in [0.2, 0.25) is 5.91 Å². The van der Waals surface area contributed by atoms with E-state index in [0.29, 0.717) is 19.4 Å². The Morgan fingerprint density at radius 2 is 0.610 bits per heavy atom. The lowest BCUT2D eigenvalue weighted by atomic mass is 10.0. The quantitative estimate of drug-likeness (QED) is 0.0320. The monoisotopic (exact) mass is 1150 g/mol. The Bertz CT molecular complexity index is 1370. The summed E-state index contributed by atoms with van der Waals surface area (Å²) in [6, 6.07) is -0.625. The molecule has 82 heavy (non-hydrogen) atoms. The van der Waals surface area contributed by atoms with E-state index >= 15 is 0 Å². The SMILES string of the molecule is CCCCC/C=C\C/C=C\CCCCCCCC(=O)OCCCCCCCCCCCCCCCC/C=C\CCCCCCCCCCCCCCCCCCCC(=O)NC(CO)C(O)/C=C/CCCCCCCCCCCCCCC. The zero-order valence-corrected chi connectivity index (χ0v) is 55.2. The Hall–Kier alpha value is -2.18. The lowest BCUT2D eigenvalue weighted by Crippen LogP contribution is -2.45. The van der Waals surface area contributed by atoms with Crippen LogP contribution >= 0.6 is 0 Å². The summed E-state index contributed by atoms with van der Waals surface area (Å²) >= 11 is 0. The van der Waals surface area contributed by atoms with Crippen LogP contribution in [-0.2, 0) is 14.3 Å². The first-order valence-corrected chi connectivity index (χ1v) is 36.9. The van der Waals surface area contributed by atoms with Gasteiger partial charge in [-0.15, -0.1) is 0 Å². The number of amides is 1. The van der Waals surface area contributed by atoms with Crippen LogP contribution in [-0.4, -0.2) is 47.4 Å². The van der Waals surface area contributed by atoms with Crippen LogP contribution in [0.1, 0.15) is 399 Å². The molecule has 1 amide bonds. The molecule has 0 aliphatic rings. The van der Waals surface area contributed by atoms with Crippen molar-refractivity contribution >= 4 is 11.9 Å². The van der Waals surface area contributed by atoms with Crippen molar-refractivity contribution in [3.63, 3.8) is 0 Å². The molecule has 0 rings (SSSR count). The van der Waals surface area contributed by atoms with Crippen molar-refractivity contribution in [1.29, 1.82) is 0 Å². The molecule has 0 radical (unpaired) electrons. The fraction of sp³-hybridized carbons (Fsp3) is 0.868. The third-order valence-electron chi connectivity index (χ3n) is 17.1. The summed E-state index contributed by atoms with van der Waals surface area (Å²) in [6.45, 7) is 4.90. The Labute approximate surface area is 512 Å². The van der Waals surface area contributed by atoms with Gasteiger partial charge in [0, 0.05) is 12.8 Å². The van der Waals surface area contributed by atoms with E-state index in [0.717, 1.165) is 51.4 Å². The maximum absolute atomic E-state index is 12.5. The first kappa shape index (κ1) is 79.8. The van der Waals surface area contributed by atoms with Crippen molar-refractivity contribution in [2.45, 2.75) is 411 Å². The Morgan fingerprint density at radius 3 is 0.963 bits per heavy atom. The molecule has 0 aromatic heterocycles. The number of rotatable bonds is 69. The Morgan fingerprint density at radius 1 is 0.341 bits per heavy atom. The molecule has 0 aliphatic heterocycles. The minimum absolute atomic E-state index is 0.00605. The molecule has 6 nitrogen and oxygen atoms in total. The second-order valence-corrected chi connectivity index (χ2v) is 25.3. The molecular formula is C76H143NO5. The van der Waals surface area contributed by atoms with E-state index in [1.165, 1.54) is 321 Å². The fourth-order valence-corrected chi connectivity index (χ4v) is 11.4. The van der Waals surface area contributed by atoms with Crippen LogP contribution in [0.4, 0.5) is 0 Å². The molecule has 0 fully saturated rings. The number of esters is 1. The largest absolute Gasteiger partial charge is 0.466 e. The lowest BCUT2D eigenvalue weighted by molar-refractivity contribution is -0.143. The summed E-state index contributed by atoms with van der Waals surface area (Å²) in [5.41, 5.74) is 0. The minimum atomic E-state index is -0.842. The normalized spacial score (nSPS) is 12.8. The number of carbonyl (C=O) groups excluding carboxylic acids is 2. The average molecular weight is 1150 g/mol. The van der Waals surface area contributed by atoms with Gasteiger partial charge in [0.25, 0.3) is 0 Å². The summed E-state index contributed by atoms with van der Waals surface area (Å²) < 4.78 is 5.49. The van der Waals surface area contributed by atoms with Crippen molar-refractivity contribution in [3.05, 3.63) is 48.6 Å². The molecule has 0 saturated heterocycles. The molecule has 3 N–H and O–H groups in total. The number of ether oxygens (including phenoxy) is 1. The van der Waals surface area contributed by atoms with E-state index in [1.54, 1.807) is 6.08 Å².